The van der Waals surface area contributed by atoms with Crippen LogP contribution in [0.1, 0.15) is 31.7 Å². The van der Waals surface area contributed by atoms with E-state index in [-0.39, 0.29) is 5.92 Å². The summed E-state index contributed by atoms with van der Waals surface area (Å²) in [6.45, 7) is 4.59. The molecule has 1 aromatic rings. The smallest absolute Gasteiger partial charge is 0.311 e. The number of hydrogen-bond donors (Lipinski definition) is 1. The van der Waals surface area contributed by atoms with Crippen molar-refractivity contribution in [3.8, 4) is 17.2 Å². The van der Waals surface area contributed by atoms with Crippen molar-refractivity contribution in [3.63, 3.8) is 0 Å². The summed E-state index contributed by atoms with van der Waals surface area (Å²) < 4.78 is 16.6. The van der Waals surface area contributed by atoms with Gasteiger partial charge in [0.15, 0.2) is 11.5 Å². The number of fused-ring (bicyclic) bond motifs is 1. The summed E-state index contributed by atoms with van der Waals surface area (Å²) in [6, 6.07) is 3.91. The molecule has 0 radical (unpaired) electrons. The van der Waals surface area contributed by atoms with E-state index in [0.717, 1.165) is 31.4 Å². The second-order valence-electron chi connectivity index (χ2n) is 6.98. The number of carboxylic acids is 1. The number of nitrogens with zero attached hydrogens (tertiary/aromatic N) is 1. The van der Waals surface area contributed by atoms with E-state index in [1.54, 1.807) is 14.2 Å². The molecule has 0 aromatic heterocycles. The number of carboxylic acid groups (broad SMARTS) is 1. The zero-order valence-electron chi connectivity index (χ0n) is 15.2. The number of hydrogen-bond acceptors (Lipinski definition) is 5. The number of ether oxygens (including phenoxy) is 3. The molecule has 6 heteroatoms. The van der Waals surface area contributed by atoms with Gasteiger partial charge in [-0.25, -0.2) is 0 Å². The lowest BCUT2D eigenvalue weighted by Gasteiger charge is -2.24. The third-order valence-electron chi connectivity index (χ3n) is 5.58. The van der Waals surface area contributed by atoms with Crippen LogP contribution in [-0.4, -0.2) is 49.9 Å². The molecule has 1 aliphatic carbocycles. The first kappa shape index (κ1) is 17.9. The fraction of sp³-hybridized carbons (Fsp3) is 0.632. The normalized spacial score (nSPS) is 25.6. The third-order valence-corrected chi connectivity index (χ3v) is 5.58. The molecule has 1 aliphatic heterocycles. The van der Waals surface area contributed by atoms with Crippen LogP contribution in [0.3, 0.4) is 0 Å². The number of aliphatic carboxylic acids is 1. The monoisotopic (exact) mass is 349 g/mol. The maximum absolute atomic E-state index is 11.8. The third kappa shape index (κ3) is 3.15. The van der Waals surface area contributed by atoms with Crippen molar-refractivity contribution in [2.24, 2.45) is 11.3 Å². The molecule has 2 fully saturated rings. The van der Waals surface area contributed by atoms with E-state index in [9.17, 15) is 9.90 Å². The average Bonchev–Trinajstić information content (AvgIpc) is 3.13. The van der Waals surface area contributed by atoms with Gasteiger partial charge in [-0.05, 0) is 43.4 Å². The van der Waals surface area contributed by atoms with Crippen molar-refractivity contribution < 1.29 is 24.1 Å². The Morgan fingerprint density at radius 1 is 1.32 bits per heavy atom. The van der Waals surface area contributed by atoms with Crippen LogP contribution in [0.15, 0.2) is 12.1 Å². The summed E-state index contributed by atoms with van der Waals surface area (Å²) in [6.07, 6.45) is 2.83. The SMILES string of the molecule is CCOc1c(OC)cc(CN2C[C@@H]3CCC[C@@]3(C(=O)O)C2)cc1OC. The second kappa shape index (κ2) is 7.12. The zero-order valence-corrected chi connectivity index (χ0v) is 15.2. The highest BCUT2D eigenvalue weighted by Crippen LogP contribution is 2.49. The maximum Gasteiger partial charge on any atom is 0.311 e. The lowest BCUT2D eigenvalue weighted by Crippen LogP contribution is -2.35. The summed E-state index contributed by atoms with van der Waals surface area (Å²) in [5, 5.41) is 9.73. The van der Waals surface area contributed by atoms with Crippen molar-refractivity contribution in [2.45, 2.75) is 32.7 Å². The van der Waals surface area contributed by atoms with Crippen LogP contribution in [0.25, 0.3) is 0 Å². The topological polar surface area (TPSA) is 68.2 Å². The Morgan fingerprint density at radius 2 is 2.00 bits per heavy atom. The van der Waals surface area contributed by atoms with Crippen LogP contribution < -0.4 is 14.2 Å². The van der Waals surface area contributed by atoms with E-state index in [0.29, 0.717) is 36.9 Å². The minimum absolute atomic E-state index is 0.261. The molecule has 1 heterocycles. The van der Waals surface area contributed by atoms with Gasteiger partial charge in [-0.1, -0.05) is 6.42 Å². The maximum atomic E-state index is 11.8. The summed E-state index contributed by atoms with van der Waals surface area (Å²) >= 11 is 0. The molecule has 0 bridgehead atoms. The molecule has 138 valence electrons. The van der Waals surface area contributed by atoms with Gasteiger partial charge < -0.3 is 19.3 Å². The van der Waals surface area contributed by atoms with Crippen LogP contribution in [0, 0.1) is 11.3 Å². The molecule has 0 unspecified atom stereocenters. The van der Waals surface area contributed by atoms with Gasteiger partial charge in [0.25, 0.3) is 0 Å². The number of methoxy groups -OCH3 is 2. The Labute approximate surface area is 148 Å². The molecule has 0 spiro atoms. The average molecular weight is 349 g/mol. The fourth-order valence-corrected chi connectivity index (χ4v) is 4.43. The first-order valence-corrected chi connectivity index (χ1v) is 8.87. The number of benzene rings is 1. The van der Waals surface area contributed by atoms with Gasteiger partial charge in [0.1, 0.15) is 0 Å². The molecule has 6 nitrogen and oxygen atoms in total. The molecule has 2 aliphatic rings. The van der Waals surface area contributed by atoms with Gasteiger partial charge in [-0.15, -0.1) is 0 Å². The second-order valence-corrected chi connectivity index (χ2v) is 6.98. The number of rotatable bonds is 7. The Morgan fingerprint density at radius 3 is 2.52 bits per heavy atom. The zero-order chi connectivity index (χ0) is 18.0. The molecule has 1 N–H and O–H groups in total. The Bertz CT molecular complexity index is 622. The first-order valence-electron chi connectivity index (χ1n) is 8.87. The molecular weight excluding hydrogens is 322 g/mol. The lowest BCUT2D eigenvalue weighted by atomic mass is 9.81. The molecular formula is C19H27NO5. The minimum Gasteiger partial charge on any atom is -0.493 e. The van der Waals surface area contributed by atoms with Crippen molar-refractivity contribution in [3.05, 3.63) is 17.7 Å². The summed E-state index contributed by atoms with van der Waals surface area (Å²) in [4.78, 5) is 14.1. The molecule has 1 aromatic carbocycles. The fourth-order valence-electron chi connectivity index (χ4n) is 4.43. The number of carbonyl (C=O) groups is 1. The molecule has 3 rings (SSSR count). The van der Waals surface area contributed by atoms with E-state index in [4.69, 9.17) is 14.2 Å². The van der Waals surface area contributed by atoms with Crippen molar-refractivity contribution >= 4 is 5.97 Å². The van der Waals surface area contributed by atoms with Crippen molar-refractivity contribution in [2.75, 3.05) is 33.9 Å². The van der Waals surface area contributed by atoms with Crippen LogP contribution in [-0.2, 0) is 11.3 Å². The minimum atomic E-state index is -0.639. The largest absolute Gasteiger partial charge is 0.493 e. The number of likely N-dealkylation sites (tertiary alicyclic amines) is 1. The Balaban J connectivity index is 1.81. The summed E-state index contributed by atoms with van der Waals surface area (Å²) in [7, 11) is 3.22. The highest BCUT2D eigenvalue weighted by atomic mass is 16.5. The summed E-state index contributed by atoms with van der Waals surface area (Å²) in [5.74, 6) is 1.51. The standard InChI is InChI=1S/C19H27NO5/c1-4-25-17-15(23-2)8-13(9-16(17)24-3)10-20-11-14-6-5-7-19(14,12-20)18(21)22/h8-9,14H,4-7,10-12H2,1-3H3,(H,21,22)/t14-,19+/m0/s1. The lowest BCUT2D eigenvalue weighted by molar-refractivity contribution is -0.149. The van der Waals surface area contributed by atoms with Crippen molar-refractivity contribution in [1.82, 2.24) is 4.90 Å². The van der Waals surface area contributed by atoms with Crippen molar-refractivity contribution in [1.29, 1.82) is 0 Å². The molecule has 25 heavy (non-hydrogen) atoms. The molecule has 0 amide bonds. The molecule has 1 saturated carbocycles. The summed E-state index contributed by atoms with van der Waals surface area (Å²) in [5.41, 5.74) is 0.483. The van der Waals surface area contributed by atoms with E-state index in [2.05, 4.69) is 4.90 Å². The van der Waals surface area contributed by atoms with Crippen LogP contribution in [0.4, 0.5) is 0 Å². The van der Waals surface area contributed by atoms with Crippen LogP contribution >= 0.6 is 0 Å². The highest BCUT2D eigenvalue weighted by molar-refractivity contribution is 5.76. The Kier molecular flexibility index (Phi) is 5.08. The van der Waals surface area contributed by atoms with E-state index in [1.165, 1.54) is 0 Å². The van der Waals surface area contributed by atoms with Gasteiger partial charge in [0, 0.05) is 19.6 Å². The highest BCUT2D eigenvalue weighted by Gasteiger charge is 2.54. The first-order chi connectivity index (χ1) is 12.0. The van der Waals surface area contributed by atoms with Gasteiger partial charge in [0.2, 0.25) is 5.75 Å². The van der Waals surface area contributed by atoms with Gasteiger partial charge >= 0.3 is 5.97 Å². The predicted octanol–water partition coefficient (Wildman–Crippen LogP) is 2.79. The van der Waals surface area contributed by atoms with E-state index in [1.807, 2.05) is 19.1 Å². The van der Waals surface area contributed by atoms with Gasteiger partial charge in [0.05, 0.1) is 26.2 Å². The molecule has 2 atom stereocenters. The quantitative estimate of drug-likeness (QED) is 0.816. The Hall–Kier alpha value is -1.95. The molecule has 1 saturated heterocycles. The van der Waals surface area contributed by atoms with E-state index < -0.39 is 11.4 Å². The predicted molar refractivity (Wildman–Crippen MR) is 93.4 cm³/mol. The van der Waals surface area contributed by atoms with E-state index >= 15 is 0 Å². The van der Waals surface area contributed by atoms with Gasteiger partial charge in [-0.3, -0.25) is 9.69 Å². The van der Waals surface area contributed by atoms with Crippen LogP contribution in [0.2, 0.25) is 0 Å². The van der Waals surface area contributed by atoms with Crippen LogP contribution in [0.5, 0.6) is 17.2 Å². The van der Waals surface area contributed by atoms with Gasteiger partial charge in [-0.2, -0.15) is 0 Å².